The van der Waals surface area contributed by atoms with Crippen molar-refractivity contribution in [2.24, 2.45) is 5.92 Å². The van der Waals surface area contributed by atoms with Gasteiger partial charge in [0.25, 0.3) is 0 Å². The van der Waals surface area contributed by atoms with E-state index in [1.165, 1.54) is 0 Å². The molecule has 4 nitrogen and oxygen atoms in total. The molecule has 112 valence electrons. The maximum atomic E-state index is 11.6. The van der Waals surface area contributed by atoms with Crippen LogP contribution in [0.3, 0.4) is 0 Å². The molecule has 4 heteroatoms. The van der Waals surface area contributed by atoms with Gasteiger partial charge in [-0.3, -0.25) is 9.59 Å². The summed E-state index contributed by atoms with van der Waals surface area (Å²) >= 11 is 0. The Balaban J connectivity index is 3.83. The van der Waals surface area contributed by atoms with E-state index in [0.29, 0.717) is 18.9 Å². The molecule has 0 saturated carbocycles. The van der Waals surface area contributed by atoms with Crippen molar-refractivity contribution in [3.8, 4) is 0 Å². The molecule has 0 aromatic rings. The molecule has 0 saturated heterocycles. The SMILES string of the molecule is CCCCCN(CCC(=O)NCCC(C)C)C(C)=O. The van der Waals surface area contributed by atoms with E-state index in [4.69, 9.17) is 0 Å². The molecule has 0 aliphatic heterocycles. The fraction of sp³-hybridized carbons (Fsp3) is 0.867. The van der Waals surface area contributed by atoms with E-state index in [-0.39, 0.29) is 11.8 Å². The highest BCUT2D eigenvalue weighted by Gasteiger charge is 2.10. The van der Waals surface area contributed by atoms with Crippen molar-refractivity contribution >= 4 is 11.8 Å². The summed E-state index contributed by atoms with van der Waals surface area (Å²) in [5, 5.41) is 2.90. The van der Waals surface area contributed by atoms with Crippen LogP contribution in [0.25, 0.3) is 0 Å². The fourth-order valence-electron chi connectivity index (χ4n) is 1.80. The monoisotopic (exact) mass is 270 g/mol. The Morgan fingerprint density at radius 3 is 2.37 bits per heavy atom. The molecule has 0 atom stereocenters. The van der Waals surface area contributed by atoms with Crippen molar-refractivity contribution in [1.82, 2.24) is 10.2 Å². The summed E-state index contributed by atoms with van der Waals surface area (Å²) in [7, 11) is 0. The minimum atomic E-state index is 0.0439. The van der Waals surface area contributed by atoms with E-state index in [1.807, 2.05) is 0 Å². The minimum Gasteiger partial charge on any atom is -0.356 e. The number of hydrogen-bond acceptors (Lipinski definition) is 2. The number of nitrogens with one attached hydrogen (secondary N) is 1. The van der Waals surface area contributed by atoms with Crippen LogP contribution in [0.15, 0.2) is 0 Å². The number of amides is 2. The summed E-state index contributed by atoms with van der Waals surface area (Å²) in [6.07, 6.45) is 4.69. The number of nitrogens with zero attached hydrogens (tertiary/aromatic N) is 1. The van der Waals surface area contributed by atoms with Crippen molar-refractivity contribution in [2.45, 2.75) is 59.8 Å². The Bertz CT molecular complexity index is 265. The van der Waals surface area contributed by atoms with Crippen LogP contribution < -0.4 is 5.32 Å². The van der Waals surface area contributed by atoms with Gasteiger partial charge in [-0.25, -0.2) is 0 Å². The second-order valence-corrected chi connectivity index (χ2v) is 5.50. The van der Waals surface area contributed by atoms with Gasteiger partial charge in [-0.15, -0.1) is 0 Å². The Morgan fingerprint density at radius 2 is 1.84 bits per heavy atom. The molecule has 2 amide bonds. The predicted octanol–water partition coefficient (Wildman–Crippen LogP) is 2.58. The zero-order valence-corrected chi connectivity index (χ0v) is 13.0. The van der Waals surface area contributed by atoms with E-state index in [9.17, 15) is 9.59 Å². The standard InChI is InChI=1S/C15H30N2O2/c1-5-6-7-11-17(14(4)18)12-9-15(19)16-10-8-13(2)3/h13H,5-12H2,1-4H3,(H,16,19). The summed E-state index contributed by atoms with van der Waals surface area (Å²) in [5.74, 6) is 0.705. The number of hydrogen-bond donors (Lipinski definition) is 1. The van der Waals surface area contributed by atoms with Gasteiger partial charge in [-0.05, 0) is 18.8 Å². The van der Waals surface area contributed by atoms with Crippen LogP contribution in [0, 0.1) is 5.92 Å². The first-order valence-electron chi connectivity index (χ1n) is 7.49. The highest BCUT2D eigenvalue weighted by Crippen LogP contribution is 2.01. The summed E-state index contributed by atoms with van der Waals surface area (Å²) in [4.78, 5) is 24.9. The second-order valence-electron chi connectivity index (χ2n) is 5.50. The maximum absolute atomic E-state index is 11.6. The molecule has 0 rings (SSSR count). The highest BCUT2D eigenvalue weighted by atomic mass is 16.2. The lowest BCUT2D eigenvalue weighted by atomic mass is 10.1. The molecule has 0 fully saturated rings. The van der Waals surface area contributed by atoms with Crippen molar-refractivity contribution in [3.05, 3.63) is 0 Å². The summed E-state index contributed by atoms with van der Waals surface area (Å²) in [6.45, 7) is 10.0. The Kier molecular flexibility index (Phi) is 10.2. The summed E-state index contributed by atoms with van der Waals surface area (Å²) in [5.41, 5.74) is 0. The highest BCUT2D eigenvalue weighted by molar-refractivity contribution is 5.77. The van der Waals surface area contributed by atoms with E-state index in [2.05, 4.69) is 26.1 Å². The fourth-order valence-corrected chi connectivity index (χ4v) is 1.80. The van der Waals surface area contributed by atoms with E-state index < -0.39 is 0 Å². The van der Waals surface area contributed by atoms with Gasteiger partial charge in [0.2, 0.25) is 11.8 Å². The molecule has 0 unspecified atom stereocenters. The number of unbranched alkanes of at least 4 members (excludes halogenated alkanes) is 2. The van der Waals surface area contributed by atoms with Gasteiger partial charge in [-0.1, -0.05) is 33.6 Å². The molecule has 0 aliphatic rings. The summed E-state index contributed by atoms with van der Waals surface area (Å²) < 4.78 is 0. The van der Waals surface area contributed by atoms with Gasteiger partial charge >= 0.3 is 0 Å². The zero-order chi connectivity index (χ0) is 14.7. The first-order chi connectivity index (χ1) is 8.97. The third kappa shape index (κ3) is 10.5. The Labute approximate surface area is 117 Å². The first-order valence-corrected chi connectivity index (χ1v) is 7.49. The molecule has 1 N–H and O–H groups in total. The molecule has 19 heavy (non-hydrogen) atoms. The van der Waals surface area contributed by atoms with E-state index in [1.54, 1.807) is 11.8 Å². The molecule has 0 aromatic heterocycles. The third-order valence-corrected chi connectivity index (χ3v) is 3.13. The van der Waals surface area contributed by atoms with Gasteiger partial charge in [0.1, 0.15) is 0 Å². The van der Waals surface area contributed by atoms with Crippen LogP contribution >= 0.6 is 0 Å². The quantitative estimate of drug-likeness (QED) is 0.620. The van der Waals surface area contributed by atoms with Crippen LogP contribution in [0.4, 0.5) is 0 Å². The van der Waals surface area contributed by atoms with Crippen LogP contribution in [-0.2, 0) is 9.59 Å². The largest absolute Gasteiger partial charge is 0.356 e. The van der Waals surface area contributed by atoms with Crippen LogP contribution in [-0.4, -0.2) is 36.3 Å². The van der Waals surface area contributed by atoms with Crippen molar-refractivity contribution < 1.29 is 9.59 Å². The van der Waals surface area contributed by atoms with E-state index in [0.717, 1.165) is 38.8 Å². The first kappa shape index (κ1) is 17.9. The maximum Gasteiger partial charge on any atom is 0.221 e. The lowest BCUT2D eigenvalue weighted by molar-refractivity contribution is -0.129. The van der Waals surface area contributed by atoms with Gasteiger partial charge in [-0.2, -0.15) is 0 Å². The van der Waals surface area contributed by atoms with Crippen LogP contribution in [0.5, 0.6) is 0 Å². The minimum absolute atomic E-state index is 0.0439. The van der Waals surface area contributed by atoms with Gasteiger partial charge < -0.3 is 10.2 Å². The lowest BCUT2D eigenvalue weighted by Gasteiger charge is -2.20. The molecule has 0 heterocycles. The molecule has 0 aliphatic carbocycles. The number of carbonyl (C=O) groups excluding carboxylic acids is 2. The number of rotatable bonds is 10. The zero-order valence-electron chi connectivity index (χ0n) is 13.0. The summed E-state index contributed by atoms with van der Waals surface area (Å²) in [6, 6.07) is 0. The van der Waals surface area contributed by atoms with Gasteiger partial charge in [0, 0.05) is 33.0 Å². The lowest BCUT2D eigenvalue weighted by Crippen LogP contribution is -2.35. The molecule has 0 radical (unpaired) electrons. The average Bonchev–Trinajstić information content (AvgIpc) is 2.32. The average molecular weight is 270 g/mol. The predicted molar refractivity (Wildman–Crippen MR) is 78.9 cm³/mol. The molecular formula is C15H30N2O2. The normalized spacial score (nSPS) is 10.6. The van der Waals surface area contributed by atoms with E-state index >= 15 is 0 Å². The van der Waals surface area contributed by atoms with Crippen molar-refractivity contribution in [3.63, 3.8) is 0 Å². The third-order valence-electron chi connectivity index (χ3n) is 3.13. The van der Waals surface area contributed by atoms with Crippen molar-refractivity contribution in [1.29, 1.82) is 0 Å². The molecular weight excluding hydrogens is 240 g/mol. The topological polar surface area (TPSA) is 49.4 Å². The molecule has 0 aromatic carbocycles. The molecule has 0 spiro atoms. The Hall–Kier alpha value is -1.06. The second kappa shape index (κ2) is 10.8. The number of carbonyl (C=O) groups is 2. The van der Waals surface area contributed by atoms with Crippen LogP contribution in [0.2, 0.25) is 0 Å². The smallest absolute Gasteiger partial charge is 0.221 e. The van der Waals surface area contributed by atoms with Gasteiger partial charge in [0.15, 0.2) is 0 Å². The Morgan fingerprint density at radius 1 is 1.16 bits per heavy atom. The van der Waals surface area contributed by atoms with Crippen molar-refractivity contribution in [2.75, 3.05) is 19.6 Å². The molecule has 0 bridgehead atoms. The van der Waals surface area contributed by atoms with Crippen LogP contribution in [0.1, 0.15) is 59.8 Å². The van der Waals surface area contributed by atoms with Gasteiger partial charge in [0.05, 0.1) is 0 Å².